The molecule has 29 heavy (non-hydrogen) atoms. The molecule has 9 nitrogen and oxygen atoms in total. The Bertz CT molecular complexity index is 957. The highest BCUT2D eigenvalue weighted by atomic mass is 16.6. The first kappa shape index (κ1) is 18.9. The minimum Gasteiger partial charge on any atom is -0.486 e. The molecular formula is C20H21N3O6. The van der Waals surface area contributed by atoms with Gasteiger partial charge in [0.25, 0.3) is 5.91 Å². The summed E-state index contributed by atoms with van der Waals surface area (Å²) < 4.78 is 16.3. The second-order valence-electron chi connectivity index (χ2n) is 7.15. The van der Waals surface area contributed by atoms with Gasteiger partial charge in [-0.25, -0.2) is 4.79 Å². The molecule has 2 aliphatic heterocycles. The molecule has 0 spiro atoms. The summed E-state index contributed by atoms with van der Waals surface area (Å²) in [6.07, 6.45) is 1.43. The van der Waals surface area contributed by atoms with Crippen LogP contribution in [0, 0.1) is 0 Å². The fraction of sp³-hybridized carbons (Fsp3) is 0.350. The Morgan fingerprint density at radius 2 is 1.97 bits per heavy atom. The van der Waals surface area contributed by atoms with Crippen molar-refractivity contribution < 1.29 is 28.3 Å². The van der Waals surface area contributed by atoms with Crippen LogP contribution in [0.25, 0.3) is 0 Å². The molecule has 1 fully saturated rings. The Hall–Kier alpha value is -3.49. The van der Waals surface area contributed by atoms with E-state index in [9.17, 15) is 14.4 Å². The zero-order valence-electron chi connectivity index (χ0n) is 16.1. The van der Waals surface area contributed by atoms with Gasteiger partial charge in [0, 0.05) is 13.6 Å². The molecule has 0 radical (unpaired) electrons. The number of fused-ring (bicyclic) bond motifs is 1. The smallest absolute Gasteiger partial charge is 0.325 e. The number of carbonyl (C=O) groups excluding carboxylic acids is 3. The molecule has 1 aromatic heterocycles. The van der Waals surface area contributed by atoms with Crippen molar-refractivity contribution in [3.8, 4) is 11.5 Å². The maximum Gasteiger partial charge on any atom is 0.325 e. The standard InChI is InChI=1S/C20H21N3O6/c1-20(16-4-3-7-29-16)18(25)23(19(26)21-20)12-17(24)22(2)11-13-5-6-14-15(10-13)28-9-8-27-14/h3-7,10H,8-9,11-12H2,1-2H3,(H,21,26)/t20-/m1/s1. The van der Waals surface area contributed by atoms with E-state index in [1.165, 1.54) is 11.2 Å². The molecule has 1 N–H and O–H groups in total. The Kier molecular flexibility index (Phi) is 4.65. The Morgan fingerprint density at radius 3 is 2.69 bits per heavy atom. The van der Waals surface area contributed by atoms with Crippen molar-refractivity contribution in [2.75, 3.05) is 26.8 Å². The van der Waals surface area contributed by atoms with Crippen LogP contribution in [0.3, 0.4) is 0 Å². The number of ether oxygens (including phenoxy) is 2. The lowest BCUT2D eigenvalue weighted by atomic mass is 9.99. The minimum absolute atomic E-state index is 0.300. The van der Waals surface area contributed by atoms with Crippen LogP contribution in [0.1, 0.15) is 18.2 Å². The Morgan fingerprint density at radius 1 is 1.21 bits per heavy atom. The number of carbonyl (C=O) groups is 3. The summed E-state index contributed by atoms with van der Waals surface area (Å²) in [7, 11) is 1.61. The molecule has 2 aliphatic rings. The van der Waals surface area contributed by atoms with Gasteiger partial charge in [0.15, 0.2) is 17.0 Å². The van der Waals surface area contributed by atoms with E-state index in [4.69, 9.17) is 13.9 Å². The Labute approximate surface area is 167 Å². The SMILES string of the molecule is CN(Cc1ccc2c(c1)OCCO2)C(=O)CN1C(=O)N[C@](C)(c2ccco2)C1=O. The molecular weight excluding hydrogens is 378 g/mol. The highest BCUT2D eigenvalue weighted by molar-refractivity contribution is 6.08. The number of hydrogen-bond donors (Lipinski definition) is 1. The third-order valence-electron chi connectivity index (χ3n) is 5.03. The largest absolute Gasteiger partial charge is 0.486 e. The highest BCUT2D eigenvalue weighted by Crippen LogP contribution is 2.31. The summed E-state index contributed by atoms with van der Waals surface area (Å²) in [6.45, 7) is 2.48. The van der Waals surface area contributed by atoms with Crippen LogP contribution in [-0.4, -0.2) is 54.5 Å². The van der Waals surface area contributed by atoms with E-state index < -0.39 is 17.5 Å². The molecule has 9 heteroatoms. The number of likely N-dealkylation sites (N-methyl/N-ethyl adjacent to an activating group) is 1. The summed E-state index contributed by atoms with van der Waals surface area (Å²) >= 11 is 0. The molecule has 0 bridgehead atoms. The van der Waals surface area contributed by atoms with Gasteiger partial charge in [-0.2, -0.15) is 0 Å². The van der Waals surface area contributed by atoms with Gasteiger partial charge >= 0.3 is 6.03 Å². The second-order valence-corrected chi connectivity index (χ2v) is 7.15. The van der Waals surface area contributed by atoms with E-state index in [1.54, 1.807) is 32.2 Å². The first-order chi connectivity index (χ1) is 13.9. The van der Waals surface area contributed by atoms with E-state index in [1.807, 2.05) is 12.1 Å². The van der Waals surface area contributed by atoms with Crippen molar-refractivity contribution in [3.05, 3.63) is 47.9 Å². The zero-order valence-corrected chi connectivity index (χ0v) is 16.1. The molecule has 0 saturated carbocycles. The lowest BCUT2D eigenvalue weighted by molar-refractivity contribution is -0.138. The molecule has 0 unspecified atom stereocenters. The van der Waals surface area contributed by atoms with Gasteiger partial charge in [-0.05, 0) is 36.8 Å². The molecule has 3 heterocycles. The van der Waals surface area contributed by atoms with Crippen molar-refractivity contribution in [3.63, 3.8) is 0 Å². The number of amides is 4. The minimum atomic E-state index is -1.32. The number of nitrogens with one attached hydrogen (secondary N) is 1. The summed E-state index contributed by atoms with van der Waals surface area (Å²) in [5, 5.41) is 2.60. The van der Waals surface area contributed by atoms with Gasteiger partial charge in [0.2, 0.25) is 5.91 Å². The van der Waals surface area contributed by atoms with Crippen molar-refractivity contribution >= 4 is 17.8 Å². The molecule has 4 rings (SSSR count). The summed E-state index contributed by atoms with van der Waals surface area (Å²) in [5.41, 5.74) is -0.474. The van der Waals surface area contributed by atoms with Gasteiger partial charge < -0.3 is 24.1 Å². The fourth-order valence-corrected chi connectivity index (χ4v) is 3.37. The van der Waals surface area contributed by atoms with Gasteiger partial charge in [0.05, 0.1) is 6.26 Å². The summed E-state index contributed by atoms with van der Waals surface area (Å²) in [4.78, 5) is 40.1. The number of furan rings is 1. The molecule has 1 saturated heterocycles. The third-order valence-corrected chi connectivity index (χ3v) is 5.03. The molecule has 0 aliphatic carbocycles. The number of rotatable bonds is 5. The second kappa shape index (κ2) is 7.16. The first-order valence-corrected chi connectivity index (χ1v) is 9.19. The van der Waals surface area contributed by atoms with Gasteiger partial charge in [-0.3, -0.25) is 14.5 Å². The maximum atomic E-state index is 12.8. The average Bonchev–Trinajstić information content (AvgIpc) is 3.32. The van der Waals surface area contributed by atoms with Crippen molar-refractivity contribution in [1.29, 1.82) is 0 Å². The van der Waals surface area contributed by atoms with Crippen LogP contribution in [0.2, 0.25) is 0 Å². The average molecular weight is 399 g/mol. The third kappa shape index (κ3) is 3.39. The first-order valence-electron chi connectivity index (χ1n) is 9.19. The summed E-state index contributed by atoms with van der Waals surface area (Å²) in [6, 6.07) is 8.08. The highest BCUT2D eigenvalue weighted by Gasteiger charge is 2.51. The predicted octanol–water partition coefficient (Wildman–Crippen LogP) is 1.48. The van der Waals surface area contributed by atoms with Gasteiger partial charge in [0.1, 0.15) is 25.5 Å². The van der Waals surface area contributed by atoms with Crippen LogP contribution in [0.15, 0.2) is 41.0 Å². The summed E-state index contributed by atoms with van der Waals surface area (Å²) in [5.74, 6) is 0.726. The molecule has 2 aromatic rings. The number of benzene rings is 1. The lowest BCUT2D eigenvalue weighted by Gasteiger charge is -2.23. The maximum absolute atomic E-state index is 12.8. The van der Waals surface area contributed by atoms with Gasteiger partial charge in [-0.15, -0.1) is 0 Å². The zero-order chi connectivity index (χ0) is 20.6. The normalized spacial score (nSPS) is 20.6. The van der Waals surface area contributed by atoms with E-state index in [-0.39, 0.29) is 12.5 Å². The molecule has 152 valence electrons. The van der Waals surface area contributed by atoms with E-state index in [0.717, 1.165) is 10.5 Å². The fourth-order valence-electron chi connectivity index (χ4n) is 3.37. The number of imide groups is 1. The van der Waals surface area contributed by atoms with E-state index in [0.29, 0.717) is 37.0 Å². The number of hydrogen-bond acceptors (Lipinski definition) is 6. The monoisotopic (exact) mass is 399 g/mol. The number of urea groups is 1. The van der Waals surface area contributed by atoms with Crippen LogP contribution in [-0.2, 0) is 21.7 Å². The predicted molar refractivity (Wildman–Crippen MR) is 100 cm³/mol. The lowest BCUT2D eigenvalue weighted by Crippen LogP contribution is -2.43. The van der Waals surface area contributed by atoms with Crippen molar-refractivity contribution in [2.24, 2.45) is 0 Å². The van der Waals surface area contributed by atoms with E-state index in [2.05, 4.69) is 5.32 Å². The van der Waals surface area contributed by atoms with Crippen LogP contribution in [0.5, 0.6) is 11.5 Å². The molecule has 1 atom stereocenters. The van der Waals surface area contributed by atoms with Crippen molar-refractivity contribution in [2.45, 2.75) is 19.0 Å². The van der Waals surface area contributed by atoms with E-state index >= 15 is 0 Å². The van der Waals surface area contributed by atoms with Crippen LogP contribution in [0.4, 0.5) is 4.79 Å². The van der Waals surface area contributed by atoms with Crippen LogP contribution >= 0.6 is 0 Å². The topological polar surface area (TPSA) is 101 Å². The number of nitrogens with zero attached hydrogens (tertiary/aromatic N) is 2. The van der Waals surface area contributed by atoms with Gasteiger partial charge in [-0.1, -0.05) is 6.07 Å². The van der Waals surface area contributed by atoms with Crippen molar-refractivity contribution in [1.82, 2.24) is 15.1 Å². The molecule has 1 aromatic carbocycles. The van der Waals surface area contributed by atoms with Crippen LogP contribution < -0.4 is 14.8 Å². The Balaban J connectivity index is 1.42. The molecule has 4 amide bonds. The quantitative estimate of drug-likeness (QED) is 0.765.